The number of nitrogens with zero attached hydrogens (tertiary/aromatic N) is 1. The second-order valence-electron chi connectivity index (χ2n) is 9.23. The molecule has 0 aromatic heterocycles. The molecular weight excluding hydrogens is 372 g/mol. The van der Waals surface area contributed by atoms with Gasteiger partial charge in [-0.2, -0.15) is 0 Å². The Morgan fingerprint density at radius 3 is 2.73 bits per heavy atom. The van der Waals surface area contributed by atoms with Crippen LogP contribution in [0.5, 0.6) is 5.75 Å². The van der Waals surface area contributed by atoms with Gasteiger partial charge in [-0.15, -0.1) is 0 Å². The number of benzene rings is 2. The molecule has 2 aromatic rings. The summed E-state index contributed by atoms with van der Waals surface area (Å²) in [6.45, 7) is 4.18. The number of Topliss-reactive ketones (excluding diaryl/α,β-unsaturated/α-hetero) is 1. The van der Waals surface area contributed by atoms with Gasteiger partial charge in [0, 0.05) is 48.3 Å². The highest BCUT2D eigenvalue weighted by Gasteiger charge is 2.60. The molecular formula is C26H32N2O2. The predicted molar refractivity (Wildman–Crippen MR) is 121 cm³/mol. The van der Waals surface area contributed by atoms with E-state index in [0.717, 1.165) is 50.9 Å². The minimum atomic E-state index is 0.00108. The smallest absolute Gasteiger partial charge is 0.138 e. The Labute approximate surface area is 179 Å². The number of hydrogen-bond acceptors (Lipinski definition) is 4. The average Bonchev–Trinajstić information content (AvgIpc) is 3.11. The number of fused-ring (bicyclic) bond motifs is 1. The first-order valence-electron chi connectivity index (χ1n) is 11.4. The molecule has 4 nitrogen and oxygen atoms in total. The first-order valence-corrected chi connectivity index (χ1v) is 11.4. The molecule has 30 heavy (non-hydrogen) atoms. The van der Waals surface area contributed by atoms with Crippen LogP contribution in [0.25, 0.3) is 0 Å². The summed E-state index contributed by atoms with van der Waals surface area (Å²) < 4.78 is 5.35. The van der Waals surface area contributed by atoms with Gasteiger partial charge >= 0.3 is 0 Å². The van der Waals surface area contributed by atoms with E-state index >= 15 is 0 Å². The van der Waals surface area contributed by atoms with Gasteiger partial charge in [0.25, 0.3) is 0 Å². The fraction of sp³-hybridized carbons (Fsp3) is 0.500. The Hall–Kier alpha value is -2.49. The van der Waals surface area contributed by atoms with Crippen molar-refractivity contribution in [3.63, 3.8) is 0 Å². The number of para-hydroxylation sites is 1. The molecule has 1 N–H and O–H groups in total. The maximum Gasteiger partial charge on any atom is 0.138 e. The number of rotatable bonds is 5. The zero-order valence-corrected chi connectivity index (χ0v) is 18.1. The van der Waals surface area contributed by atoms with Gasteiger partial charge in [0.15, 0.2) is 0 Å². The van der Waals surface area contributed by atoms with Crippen molar-refractivity contribution < 1.29 is 9.53 Å². The lowest BCUT2D eigenvalue weighted by Gasteiger charge is -2.54. The summed E-state index contributed by atoms with van der Waals surface area (Å²) in [6, 6.07) is 17.4. The number of carbonyl (C=O) groups is 1. The van der Waals surface area contributed by atoms with Gasteiger partial charge in [-0.05, 0) is 54.7 Å². The Morgan fingerprint density at radius 2 is 1.97 bits per heavy atom. The number of hydrogen-bond donors (Lipinski definition) is 1. The molecule has 3 aliphatic rings. The highest BCUT2D eigenvalue weighted by molar-refractivity contribution is 5.86. The number of ether oxygens (including phenoxy) is 1. The molecule has 0 bridgehead atoms. The summed E-state index contributed by atoms with van der Waals surface area (Å²) in [5, 5.41) is 3.84. The van der Waals surface area contributed by atoms with E-state index in [1.54, 1.807) is 7.11 Å². The van der Waals surface area contributed by atoms with Gasteiger partial charge in [-0.25, -0.2) is 0 Å². The fourth-order valence-corrected chi connectivity index (χ4v) is 6.32. The number of piperidine rings is 1. The number of carbonyl (C=O) groups excluding carboxylic acids is 1. The molecule has 2 aromatic carbocycles. The zero-order chi connectivity index (χ0) is 20.7. The molecule has 2 aliphatic heterocycles. The Balaban J connectivity index is 1.55. The third kappa shape index (κ3) is 2.91. The number of nitrogens with one attached hydrogen (secondary N) is 1. The molecule has 1 saturated carbocycles. The van der Waals surface area contributed by atoms with Crippen LogP contribution in [0, 0.1) is 11.8 Å². The molecule has 1 saturated heterocycles. The molecule has 0 amide bonds. The van der Waals surface area contributed by atoms with Gasteiger partial charge in [0.1, 0.15) is 11.5 Å². The minimum Gasteiger partial charge on any atom is -0.497 e. The second kappa shape index (κ2) is 7.64. The van der Waals surface area contributed by atoms with Gasteiger partial charge < -0.3 is 15.0 Å². The minimum absolute atomic E-state index is 0.00108. The monoisotopic (exact) mass is 404 g/mol. The maximum atomic E-state index is 13.2. The molecule has 2 fully saturated rings. The van der Waals surface area contributed by atoms with E-state index in [1.807, 2.05) is 12.1 Å². The van der Waals surface area contributed by atoms with Crippen molar-refractivity contribution in [2.24, 2.45) is 11.8 Å². The molecule has 0 radical (unpaired) electrons. The van der Waals surface area contributed by atoms with Crippen molar-refractivity contribution in [3.05, 3.63) is 54.1 Å². The lowest BCUT2D eigenvalue weighted by Crippen LogP contribution is -2.63. The third-order valence-electron chi connectivity index (χ3n) is 7.79. The SMILES string of the molecule is CCCC[C@H]1C(=O)C[C@H]2CCN(c3ccc(OC)cc3)C[C@@]23c2ccccc2N[C@@H]13. The Bertz CT molecular complexity index is 925. The van der Waals surface area contributed by atoms with Crippen molar-refractivity contribution in [2.75, 3.05) is 30.4 Å². The van der Waals surface area contributed by atoms with Crippen LogP contribution in [0.1, 0.15) is 44.6 Å². The van der Waals surface area contributed by atoms with Crippen molar-refractivity contribution >= 4 is 17.2 Å². The number of unbranched alkanes of at least 4 members (excludes halogenated alkanes) is 1. The molecule has 1 spiro atoms. The van der Waals surface area contributed by atoms with Crippen LogP contribution in [0.4, 0.5) is 11.4 Å². The van der Waals surface area contributed by atoms with Crippen LogP contribution in [0.2, 0.25) is 0 Å². The van der Waals surface area contributed by atoms with Crippen LogP contribution in [-0.4, -0.2) is 32.0 Å². The predicted octanol–water partition coefficient (Wildman–Crippen LogP) is 5.03. The van der Waals surface area contributed by atoms with Crippen LogP contribution in [0.15, 0.2) is 48.5 Å². The van der Waals surface area contributed by atoms with Gasteiger partial charge in [-0.3, -0.25) is 4.79 Å². The molecule has 5 rings (SSSR count). The van der Waals surface area contributed by atoms with Gasteiger partial charge in [0.2, 0.25) is 0 Å². The van der Waals surface area contributed by atoms with E-state index < -0.39 is 0 Å². The lowest BCUT2D eigenvalue weighted by molar-refractivity contribution is -0.129. The molecule has 4 atom stereocenters. The molecule has 0 unspecified atom stereocenters. The Morgan fingerprint density at radius 1 is 1.17 bits per heavy atom. The third-order valence-corrected chi connectivity index (χ3v) is 7.79. The number of ketones is 1. The van der Waals surface area contributed by atoms with Crippen LogP contribution >= 0.6 is 0 Å². The summed E-state index contributed by atoms with van der Waals surface area (Å²) in [5.41, 5.74) is 3.91. The lowest BCUT2D eigenvalue weighted by atomic mass is 9.55. The topological polar surface area (TPSA) is 41.6 Å². The zero-order valence-electron chi connectivity index (χ0n) is 18.1. The quantitative estimate of drug-likeness (QED) is 0.759. The highest BCUT2D eigenvalue weighted by atomic mass is 16.5. The van der Waals surface area contributed by atoms with E-state index in [-0.39, 0.29) is 17.4 Å². The first kappa shape index (κ1) is 19.5. The summed E-state index contributed by atoms with van der Waals surface area (Å²) in [6.07, 6.45) is 5.05. The van der Waals surface area contributed by atoms with E-state index in [1.165, 1.54) is 16.9 Å². The fourth-order valence-electron chi connectivity index (χ4n) is 6.32. The van der Waals surface area contributed by atoms with Gasteiger partial charge in [-0.1, -0.05) is 38.0 Å². The maximum absolute atomic E-state index is 13.2. The van der Waals surface area contributed by atoms with Crippen molar-refractivity contribution in [1.29, 1.82) is 0 Å². The van der Waals surface area contributed by atoms with E-state index in [2.05, 4.69) is 53.5 Å². The summed E-state index contributed by atoms with van der Waals surface area (Å²) in [5.74, 6) is 1.90. The van der Waals surface area contributed by atoms with Crippen molar-refractivity contribution in [2.45, 2.75) is 50.5 Å². The van der Waals surface area contributed by atoms with Crippen LogP contribution < -0.4 is 15.0 Å². The van der Waals surface area contributed by atoms with Crippen molar-refractivity contribution in [3.8, 4) is 5.75 Å². The number of methoxy groups -OCH3 is 1. The number of anilines is 2. The van der Waals surface area contributed by atoms with E-state index in [9.17, 15) is 4.79 Å². The van der Waals surface area contributed by atoms with E-state index in [0.29, 0.717) is 11.7 Å². The van der Waals surface area contributed by atoms with Crippen molar-refractivity contribution in [1.82, 2.24) is 0 Å². The average molecular weight is 405 g/mol. The largest absolute Gasteiger partial charge is 0.497 e. The molecule has 4 heteroatoms. The standard InChI is InChI=1S/C26H32N2O2/c1-3-4-7-21-24(29)16-18-14-15-28(19-10-12-20(30-2)13-11-19)17-26(18)22-8-5-6-9-23(22)27-25(21)26/h5-6,8-13,18,21,25,27H,3-4,7,14-17H2,1-2H3/t18-,21+,25+,26+/m1/s1. The van der Waals surface area contributed by atoms with E-state index in [4.69, 9.17) is 4.74 Å². The summed E-state index contributed by atoms with van der Waals surface area (Å²) in [4.78, 5) is 15.7. The highest BCUT2D eigenvalue weighted by Crippen LogP contribution is 2.56. The summed E-state index contributed by atoms with van der Waals surface area (Å²) in [7, 11) is 1.71. The molecule has 158 valence electrons. The van der Waals surface area contributed by atoms with Gasteiger partial charge in [0.05, 0.1) is 7.11 Å². The Kier molecular flexibility index (Phi) is 4.96. The molecule has 2 heterocycles. The summed E-state index contributed by atoms with van der Waals surface area (Å²) >= 11 is 0. The second-order valence-corrected chi connectivity index (χ2v) is 9.23. The first-order chi connectivity index (χ1) is 14.7. The van der Waals surface area contributed by atoms with Crippen LogP contribution in [0.3, 0.4) is 0 Å². The van der Waals surface area contributed by atoms with Crippen LogP contribution in [-0.2, 0) is 10.2 Å². The molecule has 1 aliphatic carbocycles. The normalized spacial score (nSPS) is 29.6.